The molecule has 114 valence electrons. The van der Waals surface area contributed by atoms with E-state index in [1.54, 1.807) is 6.92 Å². The van der Waals surface area contributed by atoms with E-state index in [1.165, 1.54) is 29.2 Å². The average Bonchev–Trinajstić information content (AvgIpc) is 2.46. The molecule has 1 saturated heterocycles. The number of likely N-dealkylation sites (N-methyl/N-ethyl adjacent to an activating group) is 1. The second kappa shape index (κ2) is 6.17. The van der Waals surface area contributed by atoms with Gasteiger partial charge in [-0.15, -0.1) is 0 Å². The fraction of sp³-hybridized carbons (Fsp3) is 0.429. The zero-order valence-electron chi connectivity index (χ0n) is 11.3. The zero-order chi connectivity index (χ0) is 15.6. The maximum absolute atomic E-state index is 12.6. The van der Waals surface area contributed by atoms with E-state index in [4.69, 9.17) is 4.74 Å². The van der Waals surface area contributed by atoms with Crippen molar-refractivity contribution in [3.63, 3.8) is 0 Å². The maximum Gasteiger partial charge on any atom is 0.335 e. The normalized spacial score (nSPS) is 22.7. The topological polar surface area (TPSA) is 66.8 Å². The third-order valence-corrected chi connectivity index (χ3v) is 3.44. The van der Waals surface area contributed by atoms with Crippen LogP contribution in [0.3, 0.4) is 0 Å². The summed E-state index contributed by atoms with van der Waals surface area (Å²) in [6.45, 7) is 1.74. The number of aliphatic carboxylic acids is 1. The van der Waals surface area contributed by atoms with E-state index < -0.39 is 24.5 Å². The Balaban J connectivity index is 2.38. The molecule has 5 nitrogen and oxygen atoms in total. The van der Waals surface area contributed by atoms with Gasteiger partial charge in [0.05, 0.1) is 6.04 Å². The third-order valence-electron chi connectivity index (χ3n) is 3.44. The summed E-state index contributed by atoms with van der Waals surface area (Å²) in [6, 6.07) is 4.46. The van der Waals surface area contributed by atoms with Crippen molar-refractivity contribution in [1.82, 2.24) is 4.90 Å². The summed E-state index contributed by atoms with van der Waals surface area (Å²) in [4.78, 5) is 24.5. The highest BCUT2D eigenvalue weighted by Gasteiger charge is 2.41. The maximum atomic E-state index is 12.6. The van der Waals surface area contributed by atoms with Gasteiger partial charge in [-0.3, -0.25) is 4.79 Å². The van der Waals surface area contributed by atoms with Crippen LogP contribution in [0.25, 0.3) is 0 Å². The minimum absolute atomic E-state index is 0.156. The van der Waals surface area contributed by atoms with Crippen molar-refractivity contribution in [2.24, 2.45) is 0 Å². The molecule has 0 spiro atoms. The van der Waals surface area contributed by atoms with Crippen molar-refractivity contribution in [3.8, 4) is 0 Å². The summed E-state index contributed by atoms with van der Waals surface area (Å²) in [5.74, 6) is -1.51. The third kappa shape index (κ3) is 3.02. The summed E-state index contributed by atoms with van der Waals surface area (Å²) < 4.78 is 30.2. The van der Waals surface area contributed by atoms with Gasteiger partial charge < -0.3 is 14.7 Å². The first-order valence-electron chi connectivity index (χ1n) is 6.47. The standard InChI is InChI=1S/C14H15F2NO4/c1-2-17-10(18)7-21-12(14(19)20)11(17)8-3-5-9(6-4-8)13(15)16/h3-6,11-13H,2,7H2,1H3,(H,19,20). The first kappa shape index (κ1) is 15.4. The fourth-order valence-electron chi connectivity index (χ4n) is 2.43. The van der Waals surface area contributed by atoms with Crippen molar-refractivity contribution >= 4 is 11.9 Å². The lowest BCUT2D eigenvalue weighted by molar-refractivity contribution is -0.172. The molecule has 1 N–H and O–H groups in total. The van der Waals surface area contributed by atoms with Gasteiger partial charge in [0.2, 0.25) is 5.91 Å². The van der Waals surface area contributed by atoms with Crippen LogP contribution in [0.5, 0.6) is 0 Å². The van der Waals surface area contributed by atoms with Gasteiger partial charge in [0.1, 0.15) is 6.61 Å². The Kier molecular flexibility index (Phi) is 4.52. The molecule has 1 aliphatic rings. The Morgan fingerprint density at radius 3 is 2.52 bits per heavy atom. The number of amides is 1. The smallest absolute Gasteiger partial charge is 0.335 e. The largest absolute Gasteiger partial charge is 0.479 e. The number of benzene rings is 1. The number of hydrogen-bond acceptors (Lipinski definition) is 3. The van der Waals surface area contributed by atoms with Gasteiger partial charge in [0.15, 0.2) is 6.10 Å². The summed E-state index contributed by atoms with van der Waals surface area (Å²) in [6.07, 6.45) is -3.80. The summed E-state index contributed by atoms with van der Waals surface area (Å²) in [7, 11) is 0. The molecule has 1 aromatic carbocycles. The minimum atomic E-state index is -2.60. The second-order valence-electron chi connectivity index (χ2n) is 4.66. The van der Waals surface area contributed by atoms with E-state index in [0.29, 0.717) is 12.1 Å². The van der Waals surface area contributed by atoms with Gasteiger partial charge >= 0.3 is 5.97 Å². The van der Waals surface area contributed by atoms with E-state index in [1.807, 2.05) is 0 Å². The number of hydrogen-bond donors (Lipinski definition) is 1. The number of halogens is 2. The van der Waals surface area contributed by atoms with Crippen LogP contribution in [0.2, 0.25) is 0 Å². The Morgan fingerprint density at radius 2 is 2.05 bits per heavy atom. The molecular formula is C14H15F2NO4. The zero-order valence-corrected chi connectivity index (χ0v) is 11.3. The predicted molar refractivity (Wildman–Crippen MR) is 68.9 cm³/mol. The van der Waals surface area contributed by atoms with Crippen LogP contribution in [-0.2, 0) is 14.3 Å². The Labute approximate surface area is 120 Å². The number of carboxylic acid groups (broad SMARTS) is 1. The number of ether oxygens (including phenoxy) is 1. The lowest BCUT2D eigenvalue weighted by Gasteiger charge is -2.39. The Morgan fingerprint density at radius 1 is 1.43 bits per heavy atom. The van der Waals surface area contributed by atoms with Crippen LogP contribution < -0.4 is 0 Å². The van der Waals surface area contributed by atoms with E-state index in [-0.39, 0.29) is 18.1 Å². The lowest BCUT2D eigenvalue weighted by Crippen LogP contribution is -2.51. The molecule has 2 rings (SSSR count). The highest BCUT2D eigenvalue weighted by Crippen LogP contribution is 2.31. The van der Waals surface area contributed by atoms with Crippen LogP contribution in [0.4, 0.5) is 8.78 Å². The summed E-state index contributed by atoms with van der Waals surface area (Å²) in [5, 5.41) is 9.23. The van der Waals surface area contributed by atoms with E-state index in [0.717, 1.165) is 0 Å². The van der Waals surface area contributed by atoms with E-state index in [2.05, 4.69) is 0 Å². The highest BCUT2D eigenvalue weighted by atomic mass is 19.3. The molecule has 1 fully saturated rings. The monoisotopic (exact) mass is 299 g/mol. The highest BCUT2D eigenvalue weighted by molar-refractivity contribution is 5.83. The molecule has 0 radical (unpaired) electrons. The lowest BCUT2D eigenvalue weighted by atomic mass is 9.96. The van der Waals surface area contributed by atoms with Crippen LogP contribution >= 0.6 is 0 Å². The molecule has 2 unspecified atom stereocenters. The van der Waals surface area contributed by atoms with Crippen molar-refractivity contribution in [3.05, 3.63) is 35.4 Å². The molecule has 7 heteroatoms. The minimum Gasteiger partial charge on any atom is -0.479 e. The second-order valence-corrected chi connectivity index (χ2v) is 4.66. The molecule has 0 aliphatic carbocycles. The summed E-state index contributed by atoms with van der Waals surface area (Å²) in [5.41, 5.74) is 0.304. The molecule has 0 aromatic heterocycles. The first-order valence-corrected chi connectivity index (χ1v) is 6.47. The molecule has 1 amide bonds. The average molecular weight is 299 g/mol. The molecule has 1 heterocycles. The fourth-order valence-corrected chi connectivity index (χ4v) is 2.43. The Bertz CT molecular complexity index is 530. The van der Waals surface area contributed by atoms with Gasteiger partial charge in [0.25, 0.3) is 6.43 Å². The van der Waals surface area contributed by atoms with Crippen molar-refractivity contribution in [1.29, 1.82) is 0 Å². The number of rotatable bonds is 4. The quantitative estimate of drug-likeness (QED) is 0.923. The molecule has 1 aliphatic heterocycles. The molecule has 0 bridgehead atoms. The van der Waals surface area contributed by atoms with Gasteiger partial charge in [0, 0.05) is 12.1 Å². The summed E-state index contributed by atoms with van der Waals surface area (Å²) >= 11 is 0. The number of nitrogens with zero attached hydrogens (tertiary/aromatic N) is 1. The SMILES string of the molecule is CCN1C(=O)COC(C(=O)O)C1c1ccc(C(F)F)cc1. The van der Waals surface area contributed by atoms with Gasteiger partial charge in [-0.1, -0.05) is 24.3 Å². The van der Waals surface area contributed by atoms with Gasteiger partial charge in [-0.05, 0) is 12.5 Å². The van der Waals surface area contributed by atoms with E-state index >= 15 is 0 Å². The first-order chi connectivity index (χ1) is 9.95. The van der Waals surface area contributed by atoms with Gasteiger partial charge in [-0.2, -0.15) is 0 Å². The molecule has 0 saturated carbocycles. The van der Waals surface area contributed by atoms with Crippen molar-refractivity contribution in [2.45, 2.75) is 25.5 Å². The molecule has 1 aromatic rings. The number of carbonyl (C=O) groups excluding carboxylic acids is 1. The van der Waals surface area contributed by atoms with Crippen molar-refractivity contribution in [2.75, 3.05) is 13.2 Å². The molecule has 2 atom stereocenters. The van der Waals surface area contributed by atoms with Crippen LogP contribution in [0.1, 0.15) is 30.5 Å². The number of morpholine rings is 1. The van der Waals surface area contributed by atoms with Crippen LogP contribution in [0.15, 0.2) is 24.3 Å². The predicted octanol–water partition coefficient (Wildman–Crippen LogP) is 2.00. The van der Waals surface area contributed by atoms with Crippen LogP contribution in [0, 0.1) is 0 Å². The number of alkyl halides is 2. The van der Waals surface area contributed by atoms with Crippen molar-refractivity contribution < 1.29 is 28.2 Å². The van der Waals surface area contributed by atoms with Gasteiger partial charge in [-0.25, -0.2) is 13.6 Å². The number of carbonyl (C=O) groups is 2. The molecule has 21 heavy (non-hydrogen) atoms. The molecular weight excluding hydrogens is 284 g/mol. The van der Waals surface area contributed by atoms with Crippen LogP contribution in [-0.4, -0.2) is 41.1 Å². The van der Waals surface area contributed by atoms with E-state index in [9.17, 15) is 23.5 Å². The number of carboxylic acids is 1. The Hall–Kier alpha value is -2.02.